The Morgan fingerprint density at radius 3 is 3.27 bits per heavy atom. The van der Waals surface area contributed by atoms with Gasteiger partial charge in [0.05, 0.1) is 12.2 Å². The molecule has 1 fully saturated rings. The van der Waals surface area contributed by atoms with E-state index in [1.807, 2.05) is 12.3 Å². The van der Waals surface area contributed by atoms with Crippen LogP contribution in [0.1, 0.15) is 30.6 Å². The van der Waals surface area contributed by atoms with Crippen molar-refractivity contribution >= 4 is 0 Å². The van der Waals surface area contributed by atoms with Crippen LogP contribution in [0.15, 0.2) is 18.3 Å². The lowest BCUT2D eigenvalue weighted by Crippen LogP contribution is -2.34. The summed E-state index contributed by atoms with van der Waals surface area (Å²) in [5.74, 6) is 0. The van der Waals surface area contributed by atoms with Gasteiger partial charge in [-0.1, -0.05) is 6.07 Å². The molecule has 0 saturated carbocycles. The van der Waals surface area contributed by atoms with Crippen LogP contribution in [-0.4, -0.2) is 29.1 Å². The number of nitrogens with one attached hydrogen (secondary N) is 1. The zero-order chi connectivity index (χ0) is 10.4. The summed E-state index contributed by atoms with van der Waals surface area (Å²) in [5.41, 5.74) is 2.69. The number of nitrogens with zero attached hydrogens (tertiary/aromatic N) is 2. The van der Waals surface area contributed by atoms with Crippen molar-refractivity contribution in [1.82, 2.24) is 15.2 Å². The molecule has 0 bridgehead atoms. The number of aromatic nitrogens is 1. The van der Waals surface area contributed by atoms with Crippen LogP contribution in [0.5, 0.6) is 0 Å². The fraction of sp³-hybridized carbons (Fsp3) is 0.583. The molecule has 0 aromatic carbocycles. The summed E-state index contributed by atoms with van der Waals surface area (Å²) >= 11 is 0. The Morgan fingerprint density at radius 1 is 1.53 bits per heavy atom. The van der Waals surface area contributed by atoms with E-state index in [0.29, 0.717) is 18.2 Å². The van der Waals surface area contributed by atoms with Crippen LogP contribution < -0.4 is 5.32 Å². The number of likely N-dealkylation sites (N-methyl/N-ethyl adjacent to an activating group) is 1. The highest BCUT2D eigenvalue weighted by Gasteiger charge is 2.40. The highest BCUT2D eigenvalue weighted by Crippen LogP contribution is 2.36. The molecule has 3 nitrogen and oxygen atoms in total. The highest BCUT2D eigenvalue weighted by atomic mass is 15.3. The van der Waals surface area contributed by atoms with E-state index in [1.54, 1.807) is 0 Å². The van der Waals surface area contributed by atoms with Crippen LogP contribution in [0.25, 0.3) is 0 Å². The molecular formula is C12H17N3. The lowest BCUT2D eigenvalue weighted by atomic mass is 9.88. The summed E-state index contributed by atoms with van der Waals surface area (Å²) in [6, 6.07) is 5.41. The Hall–Kier alpha value is -0.930. The van der Waals surface area contributed by atoms with E-state index < -0.39 is 0 Å². The normalized spacial score (nSPS) is 34.9. The van der Waals surface area contributed by atoms with Crippen molar-refractivity contribution in [1.29, 1.82) is 0 Å². The second kappa shape index (κ2) is 3.29. The van der Waals surface area contributed by atoms with Gasteiger partial charge in [0.15, 0.2) is 0 Å². The zero-order valence-electron chi connectivity index (χ0n) is 9.27. The molecule has 0 radical (unpaired) electrons. The third-order valence-electron chi connectivity index (χ3n) is 3.88. The molecule has 3 rings (SSSR count). The van der Waals surface area contributed by atoms with Gasteiger partial charge >= 0.3 is 0 Å². The SMILES string of the molecule is C[C@@H]1NC2c3cccnc3CCC2N1C. The van der Waals surface area contributed by atoms with Gasteiger partial charge in [-0.3, -0.25) is 15.2 Å². The number of rotatable bonds is 0. The second-order valence-electron chi connectivity index (χ2n) is 4.63. The maximum Gasteiger partial charge on any atom is 0.0573 e. The molecule has 3 atom stereocenters. The van der Waals surface area contributed by atoms with Crippen molar-refractivity contribution in [2.45, 2.75) is 38.0 Å². The van der Waals surface area contributed by atoms with Crippen molar-refractivity contribution in [3.63, 3.8) is 0 Å². The molecule has 1 saturated heterocycles. The minimum absolute atomic E-state index is 0.478. The molecule has 80 valence electrons. The van der Waals surface area contributed by atoms with Crippen molar-refractivity contribution in [2.75, 3.05) is 7.05 Å². The van der Waals surface area contributed by atoms with E-state index in [1.165, 1.54) is 17.7 Å². The first-order valence-electron chi connectivity index (χ1n) is 5.69. The van der Waals surface area contributed by atoms with Gasteiger partial charge in [-0.2, -0.15) is 0 Å². The van der Waals surface area contributed by atoms with E-state index >= 15 is 0 Å². The van der Waals surface area contributed by atoms with Gasteiger partial charge in [-0.25, -0.2) is 0 Å². The van der Waals surface area contributed by atoms with Gasteiger partial charge in [-0.05, 0) is 38.4 Å². The van der Waals surface area contributed by atoms with E-state index in [4.69, 9.17) is 0 Å². The lowest BCUT2D eigenvalue weighted by Gasteiger charge is -2.30. The molecule has 2 aliphatic rings. The van der Waals surface area contributed by atoms with E-state index in [0.717, 1.165) is 6.42 Å². The molecular weight excluding hydrogens is 186 g/mol. The number of hydrogen-bond donors (Lipinski definition) is 1. The summed E-state index contributed by atoms with van der Waals surface area (Å²) < 4.78 is 0. The quantitative estimate of drug-likeness (QED) is 0.689. The Kier molecular flexibility index (Phi) is 2.04. The summed E-state index contributed by atoms with van der Waals surface area (Å²) in [6.07, 6.45) is 4.73. The fourth-order valence-electron chi connectivity index (χ4n) is 2.91. The Bertz CT molecular complexity index is 377. The van der Waals surface area contributed by atoms with Crippen LogP contribution in [0, 0.1) is 0 Å². The minimum atomic E-state index is 0.478. The van der Waals surface area contributed by atoms with Gasteiger partial charge in [0.1, 0.15) is 0 Å². The van der Waals surface area contributed by atoms with Crippen LogP contribution in [0.4, 0.5) is 0 Å². The van der Waals surface area contributed by atoms with Crippen LogP contribution in [0.2, 0.25) is 0 Å². The first-order chi connectivity index (χ1) is 7.27. The van der Waals surface area contributed by atoms with Crippen LogP contribution in [-0.2, 0) is 6.42 Å². The lowest BCUT2D eigenvalue weighted by molar-refractivity contribution is 0.228. The van der Waals surface area contributed by atoms with Crippen molar-refractivity contribution in [3.05, 3.63) is 29.6 Å². The zero-order valence-corrected chi connectivity index (χ0v) is 9.27. The molecule has 1 N–H and O–H groups in total. The summed E-state index contributed by atoms with van der Waals surface area (Å²) in [4.78, 5) is 6.92. The third-order valence-corrected chi connectivity index (χ3v) is 3.88. The largest absolute Gasteiger partial charge is 0.293 e. The first kappa shape index (κ1) is 9.31. The molecule has 2 unspecified atom stereocenters. The summed E-state index contributed by atoms with van der Waals surface area (Å²) in [5, 5.41) is 3.65. The average molecular weight is 203 g/mol. The summed E-state index contributed by atoms with van der Waals surface area (Å²) in [7, 11) is 2.21. The number of pyridine rings is 1. The summed E-state index contributed by atoms with van der Waals surface area (Å²) in [6.45, 7) is 2.23. The number of aryl methyl sites for hydroxylation is 1. The Balaban J connectivity index is 2.01. The van der Waals surface area contributed by atoms with Crippen LogP contribution in [0.3, 0.4) is 0 Å². The molecule has 0 spiro atoms. The van der Waals surface area contributed by atoms with Gasteiger partial charge < -0.3 is 0 Å². The standard InChI is InChI=1S/C12H17N3/c1-8-14-12-9-4-3-7-13-10(9)5-6-11(12)15(8)2/h3-4,7-8,11-12,14H,5-6H2,1-2H3/t8-,11?,12?/m1/s1. The average Bonchev–Trinajstić information content (AvgIpc) is 2.56. The molecule has 1 aliphatic heterocycles. The van der Waals surface area contributed by atoms with Gasteiger partial charge in [0, 0.05) is 17.9 Å². The molecule has 1 aromatic rings. The second-order valence-corrected chi connectivity index (χ2v) is 4.63. The predicted octanol–water partition coefficient (Wildman–Crippen LogP) is 1.32. The molecule has 1 aromatic heterocycles. The van der Waals surface area contributed by atoms with Gasteiger partial charge in [0.2, 0.25) is 0 Å². The van der Waals surface area contributed by atoms with Crippen molar-refractivity contribution in [2.24, 2.45) is 0 Å². The highest BCUT2D eigenvalue weighted by molar-refractivity contribution is 5.30. The molecule has 15 heavy (non-hydrogen) atoms. The molecule has 1 aliphatic carbocycles. The fourth-order valence-corrected chi connectivity index (χ4v) is 2.91. The molecule has 2 heterocycles. The Labute approximate surface area is 90.5 Å². The van der Waals surface area contributed by atoms with Gasteiger partial charge in [-0.15, -0.1) is 0 Å². The first-order valence-corrected chi connectivity index (χ1v) is 5.69. The molecule has 0 amide bonds. The Morgan fingerprint density at radius 2 is 2.40 bits per heavy atom. The topological polar surface area (TPSA) is 28.2 Å². The van der Waals surface area contributed by atoms with Crippen LogP contribution >= 0.6 is 0 Å². The van der Waals surface area contributed by atoms with E-state index in [2.05, 4.69) is 35.2 Å². The third kappa shape index (κ3) is 1.30. The number of hydrogen-bond acceptors (Lipinski definition) is 3. The monoisotopic (exact) mass is 203 g/mol. The van der Waals surface area contributed by atoms with Crippen molar-refractivity contribution < 1.29 is 0 Å². The number of fused-ring (bicyclic) bond motifs is 3. The van der Waals surface area contributed by atoms with Crippen molar-refractivity contribution in [3.8, 4) is 0 Å². The smallest absolute Gasteiger partial charge is 0.0573 e. The van der Waals surface area contributed by atoms with E-state index in [9.17, 15) is 0 Å². The van der Waals surface area contributed by atoms with Gasteiger partial charge in [0.25, 0.3) is 0 Å². The maximum atomic E-state index is 4.47. The molecule has 3 heteroatoms. The minimum Gasteiger partial charge on any atom is -0.293 e. The maximum absolute atomic E-state index is 4.47. The predicted molar refractivity (Wildman–Crippen MR) is 59.4 cm³/mol. The van der Waals surface area contributed by atoms with E-state index in [-0.39, 0.29) is 0 Å².